The number of carbonyl (C=O) groups excluding carboxylic acids is 1. The number of aliphatic carboxylic acids is 1. The second-order valence-electron chi connectivity index (χ2n) is 6.81. The van der Waals surface area contributed by atoms with E-state index in [2.05, 4.69) is 5.32 Å². The number of amides is 1. The van der Waals surface area contributed by atoms with Crippen molar-refractivity contribution in [3.8, 4) is 5.75 Å². The Morgan fingerprint density at radius 1 is 1.39 bits per heavy atom. The number of rotatable bonds is 4. The molecule has 2 bridgehead atoms. The van der Waals surface area contributed by atoms with Gasteiger partial charge in [0.15, 0.2) is 0 Å². The quantitative estimate of drug-likeness (QED) is 0.877. The van der Waals surface area contributed by atoms with Crippen LogP contribution < -0.4 is 10.1 Å². The highest BCUT2D eigenvalue weighted by Crippen LogP contribution is 2.58. The minimum atomic E-state index is -0.944. The standard InChI is InChI=1S/C17H19NO5/c1-22-13-4-2-3-10-11(13)5-6-12(10)18-14(19)17-7-16(8-17,9-23-17)15(20)21/h2-4,12H,5-9H2,1H3,(H,18,19)(H,20,21). The van der Waals surface area contributed by atoms with Gasteiger partial charge in [-0.3, -0.25) is 9.59 Å². The van der Waals surface area contributed by atoms with E-state index in [-0.39, 0.29) is 31.4 Å². The first-order chi connectivity index (χ1) is 11.0. The van der Waals surface area contributed by atoms with Crippen LogP contribution in [0, 0.1) is 5.41 Å². The van der Waals surface area contributed by atoms with Gasteiger partial charge in [0.25, 0.3) is 5.91 Å². The summed E-state index contributed by atoms with van der Waals surface area (Å²) < 4.78 is 10.9. The SMILES string of the molecule is COc1cccc2c1CCC2NC(=O)C12CC(C(=O)O)(CO1)C2. The fraction of sp³-hybridized carbons (Fsp3) is 0.529. The van der Waals surface area contributed by atoms with E-state index in [1.165, 1.54) is 0 Å². The largest absolute Gasteiger partial charge is 0.496 e. The van der Waals surface area contributed by atoms with Crippen LogP contribution in [0.4, 0.5) is 0 Å². The van der Waals surface area contributed by atoms with Gasteiger partial charge in [-0.2, -0.15) is 0 Å². The molecule has 1 saturated carbocycles. The third-order valence-corrected chi connectivity index (χ3v) is 5.49. The maximum absolute atomic E-state index is 12.6. The van der Waals surface area contributed by atoms with Crippen LogP contribution in [0.5, 0.6) is 5.75 Å². The molecule has 1 amide bonds. The van der Waals surface area contributed by atoms with Gasteiger partial charge in [0.2, 0.25) is 0 Å². The summed E-state index contributed by atoms with van der Waals surface area (Å²) in [4.78, 5) is 23.9. The topological polar surface area (TPSA) is 84.9 Å². The van der Waals surface area contributed by atoms with Gasteiger partial charge in [0.05, 0.1) is 25.2 Å². The minimum Gasteiger partial charge on any atom is -0.496 e. The average molecular weight is 317 g/mol. The Morgan fingerprint density at radius 3 is 2.83 bits per heavy atom. The number of fused-ring (bicyclic) bond motifs is 2. The number of hydrogen-bond acceptors (Lipinski definition) is 4. The van der Waals surface area contributed by atoms with Gasteiger partial charge >= 0.3 is 5.97 Å². The molecule has 2 aliphatic carbocycles. The molecule has 1 atom stereocenters. The molecule has 2 N–H and O–H groups in total. The van der Waals surface area contributed by atoms with Crippen LogP contribution >= 0.6 is 0 Å². The first-order valence-electron chi connectivity index (χ1n) is 7.84. The number of hydrogen-bond donors (Lipinski definition) is 2. The molecule has 0 spiro atoms. The van der Waals surface area contributed by atoms with Gasteiger partial charge in [0.1, 0.15) is 11.4 Å². The number of carbonyl (C=O) groups is 2. The van der Waals surface area contributed by atoms with Crippen molar-refractivity contribution >= 4 is 11.9 Å². The number of carboxylic acids is 1. The number of carboxylic acid groups (broad SMARTS) is 1. The van der Waals surface area contributed by atoms with Crippen LogP contribution in [0.3, 0.4) is 0 Å². The number of ether oxygens (including phenoxy) is 2. The third kappa shape index (κ3) is 1.91. The summed E-state index contributed by atoms with van der Waals surface area (Å²) in [5.74, 6) is -0.204. The van der Waals surface area contributed by atoms with Crippen molar-refractivity contribution in [3.05, 3.63) is 29.3 Å². The Labute approximate surface area is 133 Å². The van der Waals surface area contributed by atoms with Gasteiger partial charge in [0, 0.05) is 12.8 Å². The Balaban J connectivity index is 1.50. The molecule has 23 heavy (non-hydrogen) atoms. The summed E-state index contributed by atoms with van der Waals surface area (Å²) in [6, 6.07) is 5.79. The lowest BCUT2D eigenvalue weighted by Crippen LogP contribution is -2.57. The van der Waals surface area contributed by atoms with Gasteiger partial charge in [-0.1, -0.05) is 12.1 Å². The van der Waals surface area contributed by atoms with Gasteiger partial charge in [-0.05, 0) is 30.0 Å². The highest BCUT2D eigenvalue weighted by atomic mass is 16.5. The molecule has 6 heteroatoms. The molecule has 0 aromatic heterocycles. The summed E-state index contributed by atoms with van der Waals surface area (Å²) in [5, 5.41) is 12.3. The van der Waals surface area contributed by atoms with Crippen LogP contribution in [0.2, 0.25) is 0 Å². The van der Waals surface area contributed by atoms with Crippen LogP contribution in [-0.2, 0) is 20.7 Å². The van der Waals surface area contributed by atoms with Gasteiger partial charge in [-0.15, -0.1) is 0 Å². The summed E-state index contributed by atoms with van der Waals surface area (Å²) in [7, 11) is 1.65. The molecule has 4 aliphatic rings. The molecule has 1 aromatic carbocycles. The van der Waals surface area contributed by atoms with Crippen molar-refractivity contribution in [3.63, 3.8) is 0 Å². The summed E-state index contributed by atoms with van der Waals surface area (Å²) in [6.07, 6.45) is 2.23. The predicted molar refractivity (Wildman–Crippen MR) is 80.2 cm³/mol. The van der Waals surface area contributed by atoms with E-state index in [0.29, 0.717) is 0 Å². The highest BCUT2D eigenvalue weighted by Gasteiger charge is 2.70. The van der Waals surface area contributed by atoms with E-state index in [0.717, 1.165) is 29.7 Å². The van der Waals surface area contributed by atoms with Gasteiger partial charge in [-0.25, -0.2) is 0 Å². The summed E-state index contributed by atoms with van der Waals surface area (Å²) in [5.41, 5.74) is 0.420. The molecule has 1 unspecified atom stereocenters. The average Bonchev–Trinajstić information content (AvgIpc) is 3.18. The molecule has 3 fully saturated rings. The zero-order valence-electron chi connectivity index (χ0n) is 12.9. The first kappa shape index (κ1) is 14.5. The lowest BCUT2D eigenvalue weighted by molar-refractivity contribution is -0.159. The van der Waals surface area contributed by atoms with Crippen molar-refractivity contribution in [2.24, 2.45) is 5.41 Å². The summed E-state index contributed by atoms with van der Waals surface area (Å²) >= 11 is 0. The molecule has 6 nitrogen and oxygen atoms in total. The maximum atomic E-state index is 12.6. The van der Waals surface area contributed by atoms with Crippen LogP contribution in [0.1, 0.15) is 36.4 Å². The molecule has 5 rings (SSSR count). The Morgan fingerprint density at radius 2 is 2.17 bits per heavy atom. The Bertz CT molecular complexity index is 692. The molecule has 2 aliphatic heterocycles. The Kier molecular flexibility index (Phi) is 2.97. The van der Waals surface area contributed by atoms with Gasteiger partial charge < -0.3 is 19.9 Å². The number of nitrogens with one attached hydrogen (secondary N) is 1. The van der Waals surface area contributed by atoms with Crippen molar-refractivity contribution in [2.45, 2.75) is 37.3 Å². The summed E-state index contributed by atoms with van der Waals surface area (Å²) in [6.45, 7) is 0.130. The van der Waals surface area contributed by atoms with Crippen LogP contribution in [0.15, 0.2) is 18.2 Å². The maximum Gasteiger partial charge on any atom is 0.312 e. The van der Waals surface area contributed by atoms with E-state index in [4.69, 9.17) is 9.47 Å². The second kappa shape index (κ2) is 4.71. The minimum absolute atomic E-state index is 0.0639. The van der Waals surface area contributed by atoms with Crippen molar-refractivity contribution < 1.29 is 24.2 Å². The molecular formula is C17H19NO5. The van der Waals surface area contributed by atoms with Crippen molar-refractivity contribution in [1.29, 1.82) is 0 Å². The normalized spacial score (nSPS) is 33.7. The lowest BCUT2D eigenvalue weighted by atomic mass is 9.62. The lowest BCUT2D eigenvalue weighted by Gasteiger charge is -2.40. The molecule has 122 valence electrons. The number of benzene rings is 1. The second-order valence-corrected chi connectivity index (χ2v) is 6.81. The van der Waals surface area contributed by atoms with Crippen molar-refractivity contribution in [1.82, 2.24) is 5.32 Å². The third-order valence-electron chi connectivity index (χ3n) is 5.49. The zero-order valence-corrected chi connectivity index (χ0v) is 12.9. The molecule has 2 heterocycles. The molecule has 0 radical (unpaired) electrons. The van der Waals surface area contributed by atoms with E-state index in [1.54, 1.807) is 7.11 Å². The predicted octanol–water partition coefficient (Wildman–Crippen LogP) is 1.43. The Hall–Kier alpha value is -2.08. The smallest absolute Gasteiger partial charge is 0.312 e. The molecular weight excluding hydrogens is 298 g/mol. The fourth-order valence-corrected chi connectivity index (χ4v) is 4.21. The van der Waals surface area contributed by atoms with Crippen LogP contribution in [0.25, 0.3) is 0 Å². The zero-order chi connectivity index (χ0) is 16.2. The molecule has 1 aromatic rings. The highest BCUT2D eigenvalue weighted by molar-refractivity contribution is 5.92. The van der Waals surface area contributed by atoms with Crippen LogP contribution in [-0.4, -0.2) is 36.3 Å². The van der Waals surface area contributed by atoms with E-state index >= 15 is 0 Å². The first-order valence-corrected chi connectivity index (χ1v) is 7.84. The van der Waals surface area contributed by atoms with E-state index in [9.17, 15) is 14.7 Å². The number of methoxy groups -OCH3 is 1. The van der Waals surface area contributed by atoms with E-state index in [1.807, 2.05) is 18.2 Å². The monoisotopic (exact) mass is 317 g/mol. The molecule has 2 saturated heterocycles. The van der Waals surface area contributed by atoms with Crippen molar-refractivity contribution in [2.75, 3.05) is 13.7 Å². The fourth-order valence-electron chi connectivity index (χ4n) is 4.21. The van der Waals surface area contributed by atoms with E-state index < -0.39 is 17.0 Å².